The Balaban J connectivity index is 2.23. The molecule has 2 nitrogen and oxygen atoms in total. The number of nitrogens with one attached hydrogen (secondary N) is 1. The van der Waals surface area contributed by atoms with Crippen molar-refractivity contribution in [2.45, 2.75) is 26.3 Å². The predicted octanol–water partition coefficient (Wildman–Crippen LogP) is 3.48. The highest BCUT2D eigenvalue weighted by Crippen LogP contribution is 2.23. The smallest absolute Gasteiger partial charge is 0.123 e. The Labute approximate surface area is 111 Å². The van der Waals surface area contributed by atoms with Crippen LogP contribution in [0.2, 0.25) is 0 Å². The summed E-state index contributed by atoms with van der Waals surface area (Å²) in [5, 5.41) is 6.53. The highest BCUT2D eigenvalue weighted by molar-refractivity contribution is 7.09. The van der Waals surface area contributed by atoms with E-state index >= 15 is 0 Å². The number of benzene rings is 1. The molecule has 0 bridgehead atoms. The van der Waals surface area contributed by atoms with E-state index in [2.05, 4.69) is 17.2 Å². The number of hydrogen-bond donors (Lipinski definition) is 1. The summed E-state index contributed by atoms with van der Waals surface area (Å²) in [4.78, 5) is 4.32. The number of nitrogens with zero attached hydrogens (tertiary/aromatic N) is 1. The van der Waals surface area contributed by atoms with Gasteiger partial charge in [0.05, 0.1) is 5.01 Å². The van der Waals surface area contributed by atoms with E-state index in [9.17, 15) is 4.39 Å². The minimum Gasteiger partial charge on any atom is -0.310 e. The van der Waals surface area contributed by atoms with Gasteiger partial charge in [0.1, 0.15) is 5.82 Å². The monoisotopic (exact) mass is 264 g/mol. The Hall–Kier alpha value is -1.26. The van der Waals surface area contributed by atoms with E-state index in [1.165, 1.54) is 6.07 Å². The Morgan fingerprint density at radius 1 is 1.44 bits per heavy atom. The van der Waals surface area contributed by atoms with Crippen LogP contribution in [0.3, 0.4) is 0 Å². The molecule has 0 aliphatic heterocycles. The molecule has 1 atom stereocenters. The van der Waals surface area contributed by atoms with E-state index < -0.39 is 0 Å². The molecule has 0 spiro atoms. The standard InChI is InChI=1S/C14H17FN2S/c1-3-16-13(9-14-17-6-7-18-14)12-5-4-11(15)8-10(12)2/h4-8,13,16H,3,9H2,1-2H3. The van der Waals surface area contributed by atoms with Crippen molar-refractivity contribution in [2.24, 2.45) is 0 Å². The molecule has 0 fully saturated rings. The maximum atomic E-state index is 13.1. The van der Waals surface area contributed by atoms with Crippen molar-refractivity contribution >= 4 is 11.3 Å². The zero-order chi connectivity index (χ0) is 13.0. The minimum atomic E-state index is -0.180. The van der Waals surface area contributed by atoms with Crippen LogP contribution in [-0.4, -0.2) is 11.5 Å². The van der Waals surface area contributed by atoms with Gasteiger partial charge in [-0.3, -0.25) is 0 Å². The lowest BCUT2D eigenvalue weighted by molar-refractivity contribution is 0.543. The molecule has 1 unspecified atom stereocenters. The predicted molar refractivity (Wildman–Crippen MR) is 73.4 cm³/mol. The number of likely N-dealkylation sites (N-methyl/N-ethyl adjacent to an activating group) is 1. The summed E-state index contributed by atoms with van der Waals surface area (Å²) in [5.74, 6) is -0.180. The van der Waals surface area contributed by atoms with Crippen LogP contribution in [0.1, 0.15) is 29.1 Å². The van der Waals surface area contributed by atoms with Crippen molar-refractivity contribution in [3.63, 3.8) is 0 Å². The van der Waals surface area contributed by atoms with Crippen LogP contribution in [0.4, 0.5) is 4.39 Å². The molecule has 0 saturated carbocycles. The van der Waals surface area contributed by atoms with Gasteiger partial charge in [-0.05, 0) is 36.7 Å². The molecule has 2 rings (SSSR count). The topological polar surface area (TPSA) is 24.9 Å². The molecule has 2 aromatic rings. The average molecular weight is 264 g/mol. The van der Waals surface area contributed by atoms with Gasteiger partial charge in [-0.1, -0.05) is 13.0 Å². The second-order valence-electron chi connectivity index (χ2n) is 4.24. The maximum absolute atomic E-state index is 13.1. The van der Waals surface area contributed by atoms with Crippen molar-refractivity contribution in [3.05, 3.63) is 51.7 Å². The van der Waals surface area contributed by atoms with Gasteiger partial charge in [0.25, 0.3) is 0 Å². The third-order valence-electron chi connectivity index (χ3n) is 2.92. The molecule has 0 saturated heterocycles. The van der Waals surface area contributed by atoms with E-state index in [4.69, 9.17) is 0 Å². The highest BCUT2D eigenvalue weighted by atomic mass is 32.1. The van der Waals surface area contributed by atoms with Crippen LogP contribution < -0.4 is 5.32 Å². The zero-order valence-corrected chi connectivity index (χ0v) is 11.4. The molecule has 1 aromatic heterocycles. The van der Waals surface area contributed by atoms with Gasteiger partial charge >= 0.3 is 0 Å². The first-order valence-corrected chi connectivity index (χ1v) is 6.96. The van der Waals surface area contributed by atoms with Crippen LogP contribution in [0.15, 0.2) is 29.8 Å². The maximum Gasteiger partial charge on any atom is 0.123 e. The summed E-state index contributed by atoms with van der Waals surface area (Å²) in [6, 6.07) is 5.17. The summed E-state index contributed by atoms with van der Waals surface area (Å²) in [7, 11) is 0. The Morgan fingerprint density at radius 3 is 2.89 bits per heavy atom. The quantitative estimate of drug-likeness (QED) is 0.894. The minimum absolute atomic E-state index is 0.180. The van der Waals surface area contributed by atoms with Crippen LogP contribution in [0.5, 0.6) is 0 Å². The first-order chi connectivity index (χ1) is 8.70. The number of hydrogen-bond acceptors (Lipinski definition) is 3. The van der Waals surface area contributed by atoms with Crippen molar-refractivity contribution in [2.75, 3.05) is 6.54 Å². The van der Waals surface area contributed by atoms with Gasteiger partial charge in [0, 0.05) is 24.0 Å². The molecule has 0 amide bonds. The first kappa shape index (κ1) is 13.2. The third-order valence-corrected chi connectivity index (χ3v) is 3.72. The van der Waals surface area contributed by atoms with Gasteiger partial charge in [0.15, 0.2) is 0 Å². The van der Waals surface area contributed by atoms with Crippen LogP contribution in [-0.2, 0) is 6.42 Å². The molecule has 96 valence electrons. The lowest BCUT2D eigenvalue weighted by Crippen LogP contribution is -2.23. The van der Waals surface area contributed by atoms with E-state index in [0.29, 0.717) is 0 Å². The van der Waals surface area contributed by atoms with Gasteiger partial charge in [-0.25, -0.2) is 9.37 Å². The van der Waals surface area contributed by atoms with Crippen LogP contribution >= 0.6 is 11.3 Å². The molecule has 0 radical (unpaired) electrons. The van der Waals surface area contributed by atoms with E-state index in [1.807, 2.05) is 24.6 Å². The normalized spacial score (nSPS) is 12.6. The summed E-state index contributed by atoms with van der Waals surface area (Å²) in [6.07, 6.45) is 2.67. The number of thiazole rings is 1. The Kier molecular flexibility index (Phi) is 4.44. The summed E-state index contributed by atoms with van der Waals surface area (Å²) in [6.45, 7) is 4.91. The molecule has 18 heavy (non-hydrogen) atoms. The van der Waals surface area contributed by atoms with Gasteiger partial charge in [-0.2, -0.15) is 0 Å². The largest absolute Gasteiger partial charge is 0.310 e. The summed E-state index contributed by atoms with van der Waals surface area (Å²) >= 11 is 1.66. The lowest BCUT2D eigenvalue weighted by Gasteiger charge is -2.19. The Morgan fingerprint density at radius 2 is 2.28 bits per heavy atom. The SMILES string of the molecule is CCNC(Cc1nccs1)c1ccc(F)cc1C. The van der Waals surface area contributed by atoms with E-state index in [-0.39, 0.29) is 11.9 Å². The molecule has 1 heterocycles. The molecule has 0 aliphatic rings. The fourth-order valence-corrected chi connectivity index (χ4v) is 2.76. The van der Waals surface area contributed by atoms with E-state index in [1.54, 1.807) is 17.4 Å². The molecular weight excluding hydrogens is 247 g/mol. The van der Waals surface area contributed by atoms with E-state index in [0.717, 1.165) is 29.1 Å². The molecule has 4 heteroatoms. The molecule has 0 aliphatic carbocycles. The molecular formula is C14H17FN2S. The van der Waals surface area contributed by atoms with Crippen molar-refractivity contribution < 1.29 is 4.39 Å². The van der Waals surface area contributed by atoms with Gasteiger partial charge < -0.3 is 5.32 Å². The summed E-state index contributed by atoms with van der Waals surface area (Å²) in [5.41, 5.74) is 2.13. The zero-order valence-electron chi connectivity index (χ0n) is 10.6. The van der Waals surface area contributed by atoms with Crippen LogP contribution in [0.25, 0.3) is 0 Å². The van der Waals surface area contributed by atoms with Crippen LogP contribution in [0, 0.1) is 12.7 Å². The van der Waals surface area contributed by atoms with Gasteiger partial charge in [-0.15, -0.1) is 11.3 Å². The second-order valence-corrected chi connectivity index (χ2v) is 5.22. The van der Waals surface area contributed by atoms with Crippen molar-refractivity contribution in [3.8, 4) is 0 Å². The van der Waals surface area contributed by atoms with Gasteiger partial charge in [0.2, 0.25) is 0 Å². The molecule has 1 aromatic carbocycles. The third kappa shape index (κ3) is 3.15. The Bertz CT molecular complexity index is 497. The average Bonchev–Trinajstić information content (AvgIpc) is 2.81. The lowest BCUT2D eigenvalue weighted by atomic mass is 9.99. The number of aromatic nitrogens is 1. The van der Waals surface area contributed by atoms with Crippen molar-refractivity contribution in [1.29, 1.82) is 0 Å². The number of halogens is 1. The fourth-order valence-electron chi connectivity index (χ4n) is 2.10. The first-order valence-electron chi connectivity index (χ1n) is 6.08. The second kappa shape index (κ2) is 6.07. The summed E-state index contributed by atoms with van der Waals surface area (Å²) < 4.78 is 13.1. The van der Waals surface area contributed by atoms with Crippen molar-refractivity contribution in [1.82, 2.24) is 10.3 Å². The number of aryl methyl sites for hydroxylation is 1. The fraction of sp³-hybridized carbons (Fsp3) is 0.357. The number of rotatable bonds is 5. The highest BCUT2D eigenvalue weighted by Gasteiger charge is 2.15. The molecule has 1 N–H and O–H groups in total.